The molecule has 2 aromatic rings. The van der Waals surface area contributed by atoms with Crippen molar-refractivity contribution in [1.29, 1.82) is 5.26 Å². The second-order valence-corrected chi connectivity index (χ2v) is 2.87. The normalized spacial score (nSPS) is 10.2. The number of rotatable bonds is 0. The van der Waals surface area contributed by atoms with Crippen molar-refractivity contribution in [3.8, 4) is 6.07 Å². The van der Waals surface area contributed by atoms with Crippen molar-refractivity contribution in [1.82, 2.24) is 9.38 Å². The Morgan fingerprint density at radius 2 is 2.31 bits per heavy atom. The molecule has 0 atom stereocenters. The summed E-state index contributed by atoms with van der Waals surface area (Å²) >= 11 is 0. The Morgan fingerprint density at radius 3 is 3.00 bits per heavy atom. The lowest BCUT2D eigenvalue weighted by Crippen LogP contribution is -1.97. The minimum Gasteiger partial charge on any atom is -0.383 e. The van der Waals surface area contributed by atoms with Gasteiger partial charge < -0.3 is 5.73 Å². The zero-order chi connectivity index (χ0) is 9.42. The third kappa shape index (κ3) is 1.02. The van der Waals surface area contributed by atoms with Gasteiger partial charge in [-0.25, -0.2) is 4.98 Å². The quantitative estimate of drug-likeness (QED) is 0.647. The maximum Gasteiger partial charge on any atom is 0.139 e. The van der Waals surface area contributed by atoms with Gasteiger partial charge in [0, 0.05) is 5.69 Å². The fraction of sp³-hybridized carbons (Fsp3) is 0.111. The zero-order valence-corrected chi connectivity index (χ0v) is 7.15. The van der Waals surface area contributed by atoms with Crippen molar-refractivity contribution in [3.05, 3.63) is 29.6 Å². The molecule has 0 unspecified atom stereocenters. The lowest BCUT2D eigenvalue weighted by Gasteiger charge is -2.01. The van der Waals surface area contributed by atoms with Gasteiger partial charge in [0.15, 0.2) is 0 Å². The van der Waals surface area contributed by atoms with E-state index in [1.54, 1.807) is 22.7 Å². The summed E-state index contributed by atoms with van der Waals surface area (Å²) in [6, 6.07) is 5.57. The lowest BCUT2D eigenvalue weighted by atomic mass is 10.2. The third-order valence-corrected chi connectivity index (χ3v) is 1.95. The maximum atomic E-state index is 8.71. The summed E-state index contributed by atoms with van der Waals surface area (Å²) in [4.78, 5) is 4.07. The first kappa shape index (κ1) is 7.62. The fourth-order valence-electron chi connectivity index (χ4n) is 1.40. The Balaban J connectivity index is 2.89. The van der Waals surface area contributed by atoms with Gasteiger partial charge in [-0.3, -0.25) is 4.40 Å². The number of imidazole rings is 1. The summed E-state index contributed by atoms with van der Waals surface area (Å²) in [6.45, 7) is 1.89. The number of nitriles is 1. The molecule has 0 amide bonds. The largest absolute Gasteiger partial charge is 0.383 e. The third-order valence-electron chi connectivity index (χ3n) is 1.95. The molecule has 0 saturated carbocycles. The molecule has 0 saturated heterocycles. The second kappa shape index (κ2) is 2.49. The fourth-order valence-corrected chi connectivity index (χ4v) is 1.40. The lowest BCUT2D eigenvalue weighted by molar-refractivity contribution is 1.10. The van der Waals surface area contributed by atoms with Crippen molar-refractivity contribution >= 4 is 11.5 Å². The molecule has 0 spiro atoms. The van der Waals surface area contributed by atoms with E-state index in [1.807, 2.05) is 6.92 Å². The summed E-state index contributed by atoms with van der Waals surface area (Å²) in [5.41, 5.74) is 7.93. The second-order valence-electron chi connectivity index (χ2n) is 2.87. The Labute approximate surface area is 75.2 Å². The minimum atomic E-state index is 0.594. The van der Waals surface area contributed by atoms with Crippen LogP contribution in [0.1, 0.15) is 11.3 Å². The van der Waals surface area contributed by atoms with Gasteiger partial charge in [-0.15, -0.1) is 0 Å². The molecule has 0 bridgehead atoms. The Bertz CT molecular complexity index is 504. The average molecular weight is 172 g/mol. The molecule has 0 radical (unpaired) electrons. The standard InChI is InChI=1S/C9H8N4/c1-6-2-7(4-10)3-9-12-5-8(11)13(6)9/h2-3,5H,11H2,1H3. The smallest absolute Gasteiger partial charge is 0.139 e. The van der Waals surface area contributed by atoms with Crippen LogP contribution in [-0.4, -0.2) is 9.38 Å². The van der Waals surface area contributed by atoms with E-state index in [2.05, 4.69) is 11.1 Å². The topological polar surface area (TPSA) is 67.1 Å². The van der Waals surface area contributed by atoms with Crippen molar-refractivity contribution in [2.24, 2.45) is 0 Å². The van der Waals surface area contributed by atoms with E-state index in [9.17, 15) is 0 Å². The van der Waals surface area contributed by atoms with E-state index in [4.69, 9.17) is 11.0 Å². The summed E-state index contributed by atoms with van der Waals surface area (Å²) in [5.74, 6) is 0.594. The van der Waals surface area contributed by atoms with Crippen LogP contribution >= 0.6 is 0 Å². The first-order chi connectivity index (χ1) is 6.22. The summed E-state index contributed by atoms with van der Waals surface area (Å²) in [7, 11) is 0. The van der Waals surface area contributed by atoms with Crippen molar-refractivity contribution < 1.29 is 0 Å². The van der Waals surface area contributed by atoms with Crippen LogP contribution in [0.15, 0.2) is 18.3 Å². The summed E-state index contributed by atoms with van der Waals surface area (Å²) in [6.07, 6.45) is 1.59. The first-order valence-electron chi connectivity index (χ1n) is 3.86. The molecule has 0 aliphatic rings. The van der Waals surface area contributed by atoms with Crippen molar-refractivity contribution in [3.63, 3.8) is 0 Å². The zero-order valence-electron chi connectivity index (χ0n) is 7.15. The predicted octanol–water partition coefficient (Wildman–Crippen LogP) is 1.10. The maximum absolute atomic E-state index is 8.71. The highest BCUT2D eigenvalue weighted by Gasteiger charge is 2.03. The number of anilines is 1. The van der Waals surface area contributed by atoms with E-state index >= 15 is 0 Å². The molecule has 4 heteroatoms. The van der Waals surface area contributed by atoms with Gasteiger partial charge in [0.2, 0.25) is 0 Å². The molecule has 13 heavy (non-hydrogen) atoms. The molecule has 2 N–H and O–H groups in total. The molecule has 64 valence electrons. The van der Waals surface area contributed by atoms with E-state index in [-0.39, 0.29) is 0 Å². The van der Waals surface area contributed by atoms with Gasteiger partial charge in [-0.2, -0.15) is 5.26 Å². The van der Waals surface area contributed by atoms with E-state index in [0.29, 0.717) is 17.0 Å². The van der Waals surface area contributed by atoms with Gasteiger partial charge in [0.05, 0.1) is 17.8 Å². The highest BCUT2D eigenvalue weighted by atomic mass is 15.1. The molecule has 0 aliphatic heterocycles. The van der Waals surface area contributed by atoms with Gasteiger partial charge in [0.25, 0.3) is 0 Å². The Hall–Kier alpha value is -2.02. The highest BCUT2D eigenvalue weighted by molar-refractivity contribution is 5.53. The number of aryl methyl sites for hydroxylation is 1. The molecule has 2 rings (SSSR count). The number of nitrogens with zero attached hydrogens (tertiary/aromatic N) is 3. The Morgan fingerprint density at radius 1 is 1.54 bits per heavy atom. The molecular weight excluding hydrogens is 164 g/mol. The molecule has 2 aromatic heterocycles. The number of nitrogen functional groups attached to an aromatic ring is 1. The van der Waals surface area contributed by atoms with E-state index in [1.165, 1.54) is 0 Å². The van der Waals surface area contributed by atoms with Crippen LogP contribution in [-0.2, 0) is 0 Å². The number of hydrogen-bond acceptors (Lipinski definition) is 3. The van der Waals surface area contributed by atoms with Gasteiger partial charge in [-0.1, -0.05) is 0 Å². The SMILES string of the molecule is Cc1cc(C#N)cc2ncc(N)n12. The van der Waals surface area contributed by atoms with Gasteiger partial charge >= 0.3 is 0 Å². The number of nitrogens with two attached hydrogens (primary N) is 1. The van der Waals surface area contributed by atoms with E-state index in [0.717, 1.165) is 5.69 Å². The van der Waals surface area contributed by atoms with Crippen molar-refractivity contribution in [2.75, 3.05) is 5.73 Å². The number of fused-ring (bicyclic) bond motifs is 1. The average Bonchev–Trinajstić information content (AvgIpc) is 2.48. The molecule has 0 aromatic carbocycles. The van der Waals surface area contributed by atoms with Gasteiger partial charge in [-0.05, 0) is 19.1 Å². The van der Waals surface area contributed by atoms with Crippen LogP contribution in [0.4, 0.5) is 5.82 Å². The number of aromatic nitrogens is 2. The summed E-state index contributed by atoms with van der Waals surface area (Å²) < 4.78 is 1.81. The van der Waals surface area contributed by atoms with Gasteiger partial charge in [0.1, 0.15) is 11.5 Å². The summed E-state index contributed by atoms with van der Waals surface area (Å²) in [5, 5.41) is 8.71. The van der Waals surface area contributed by atoms with Crippen LogP contribution in [0.25, 0.3) is 5.65 Å². The first-order valence-corrected chi connectivity index (χ1v) is 3.86. The Kier molecular flexibility index (Phi) is 1.46. The van der Waals surface area contributed by atoms with Crippen LogP contribution in [0.2, 0.25) is 0 Å². The molecule has 0 aliphatic carbocycles. The van der Waals surface area contributed by atoms with Crippen LogP contribution in [0, 0.1) is 18.3 Å². The van der Waals surface area contributed by atoms with Crippen LogP contribution < -0.4 is 5.73 Å². The van der Waals surface area contributed by atoms with E-state index < -0.39 is 0 Å². The number of hydrogen-bond donors (Lipinski definition) is 1. The molecule has 4 nitrogen and oxygen atoms in total. The highest BCUT2D eigenvalue weighted by Crippen LogP contribution is 2.13. The number of pyridine rings is 1. The van der Waals surface area contributed by atoms with Crippen LogP contribution in [0.3, 0.4) is 0 Å². The monoisotopic (exact) mass is 172 g/mol. The minimum absolute atomic E-state index is 0.594. The molecule has 2 heterocycles. The molecule has 0 fully saturated rings. The predicted molar refractivity (Wildman–Crippen MR) is 49.1 cm³/mol. The molecular formula is C9H8N4. The van der Waals surface area contributed by atoms with Crippen LogP contribution in [0.5, 0.6) is 0 Å². The van der Waals surface area contributed by atoms with Crippen molar-refractivity contribution in [2.45, 2.75) is 6.92 Å².